The summed E-state index contributed by atoms with van der Waals surface area (Å²) in [6.07, 6.45) is 7.89. The van der Waals surface area contributed by atoms with Crippen LogP contribution in [0.15, 0.2) is 12.4 Å². The Bertz CT molecular complexity index is 337. The molecule has 1 fully saturated rings. The van der Waals surface area contributed by atoms with Gasteiger partial charge in [-0.05, 0) is 26.3 Å². The molecule has 1 aliphatic rings. The fourth-order valence-electron chi connectivity index (χ4n) is 2.60. The SMILES string of the molecule is CC(N)C1CCCCN1Cc1cnn(C)c1.Cl. The lowest BCUT2D eigenvalue weighted by Crippen LogP contribution is -2.48. The van der Waals surface area contributed by atoms with Gasteiger partial charge in [0.15, 0.2) is 0 Å². The molecule has 0 aromatic carbocycles. The Morgan fingerprint density at radius 2 is 2.29 bits per heavy atom. The fourth-order valence-corrected chi connectivity index (χ4v) is 2.60. The summed E-state index contributed by atoms with van der Waals surface area (Å²) in [5, 5.41) is 4.21. The highest BCUT2D eigenvalue weighted by molar-refractivity contribution is 5.85. The number of nitrogens with zero attached hydrogens (tertiary/aromatic N) is 3. The van der Waals surface area contributed by atoms with Crippen LogP contribution < -0.4 is 5.73 Å². The van der Waals surface area contributed by atoms with Crippen LogP contribution in [0, 0.1) is 0 Å². The normalized spacial score (nSPS) is 23.1. The van der Waals surface area contributed by atoms with E-state index in [1.807, 2.05) is 17.9 Å². The van der Waals surface area contributed by atoms with E-state index in [4.69, 9.17) is 5.73 Å². The number of aromatic nitrogens is 2. The van der Waals surface area contributed by atoms with E-state index in [-0.39, 0.29) is 18.4 Å². The minimum Gasteiger partial charge on any atom is -0.327 e. The zero-order chi connectivity index (χ0) is 11.5. The topological polar surface area (TPSA) is 47.1 Å². The summed E-state index contributed by atoms with van der Waals surface area (Å²) in [6.45, 7) is 4.27. The first-order chi connectivity index (χ1) is 7.66. The van der Waals surface area contributed by atoms with Gasteiger partial charge in [-0.25, -0.2) is 0 Å². The molecule has 0 radical (unpaired) electrons. The maximum absolute atomic E-state index is 6.05. The zero-order valence-electron chi connectivity index (χ0n) is 10.7. The van der Waals surface area contributed by atoms with Crippen LogP contribution in [-0.2, 0) is 13.6 Å². The number of aryl methyl sites for hydroxylation is 1. The van der Waals surface area contributed by atoms with E-state index in [2.05, 4.69) is 23.1 Å². The van der Waals surface area contributed by atoms with Crippen LogP contribution in [0.2, 0.25) is 0 Å². The Labute approximate surface area is 110 Å². The molecule has 2 unspecified atom stereocenters. The van der Waals surface area contributed by atoms with Crippen molar-refractivity contribution in [1.82, 2.24) is 14.7 Å². The second-order valence-electron chi connectivity index (χ2n) is 4.91. The van der Waals surface area contributed by atoms with E-state index in [1.54, 1.807) is 0 Å². The molecule has 1 saturated heterocycles. The first-order valence-corrected chi connectivity index (χ1v) is 6.14. The van der Waals surface area contributed by atoms with Crippen LogP contribution in [0.4, 0.5) is 0 Å². The number of piperidine rings is 1. The standard InChI is InChI=1S/C12H22N4.ClH/c1-10(13)12-5-3-4-6-16(12)9-11-7-14-15(2)8-11;/h7-8,10,12H,3-6,9,13H2,1-2H3;1H. The van der Waals surface area contributed by atoms with Gasteiger partial charge in [0.2, 0.25) is 0 Å². The number of rotatable bonds is 3. The first kappa shape index (κ1) is 14.5. The van der Waals surface area contributed by atoms with Crippen LogP contribution in [0.3, 0.4) is 0 Å². The van der Waals surface area contributed by atoms with Crippen molar-refractivity contribution in [2.45, 2.75) is 44.8 Å². The van der Waals surface area contributed by atoms with Gasteiger partial charge >= 0.3 is 0 Å². The summed E-state index contributed by atoms with van der Waals surface area (Å²) in [5.74, 6) is 0. The predicted molar refractivity (Wildman–Crippen MR) is 72.2 cm³/mol. The lowest BCUT2D eigenvalue weighted by Gasteiger charge is -2.37. The van der Waals surface area contributed by atoms with Crippen LogP contribution in [0.5, 0.6) is 0 Å². The van der Waals surface area contributed by atoms with Crippen molar-refractivity contribution >= 4 is 12.4 Å². The molecule has 2 atom stereocenters. The number of hydrogen-bond acceptors (Lipinski definition) is 3. The third-order valence-corrected chi connectivity index (χ3v) is 3.42. The summed E-state index contributed by atoms with van der Waals surface area (Å²) in [5.41, 5.74) is 7.34. The number of halogens is 1. The third kappa shape index (κ3) is 3.69. The molecule has 2 heterocycles. The summed E-state index contributed by atoms with van der Waals surface area (Å²) >= 11 is 0. The molecule has 2 N–H and O–H groups in total. The molecule has 1 aromatic rings. The van der Waals surface area contributed by atoms with Gasteiger partial charge in [0.25, 0.3) is 0 Å². The summed E-state index contributed by atoms with van der Waals surface area (Å²) < 4.78 is 1.86. The van der Waals surface area contributed by atoms with Crippen molar-refractivity contribution in [3.05, 3.63) is 18.0 Å². The van der Waals surface area contributed by atoms with Gasteiger partial charge in [-0.3, -0.25) is 9.58 Å². The molecular weight excluding hydrogens is 236 g/mol. The van der Waals surface area contributed by atoms with Gasteiger partial charge in [0.1, 0.15) is 0 Å². The molecule has 0 amide bonds. The largest absolute Gasteiger partial charge is 0.327 e. The van der Waals surface area contributed by atoms with E-state index in [9.17, 15) is 0 Å². The second-order valence-corrected chi connectivity index (χ2v) is 4.91. The molecule has 1 aromatic heterocycles. The molecule has 2 rings (SSSR count). The van der Waals surface area contributed by atoms with Crippen LogP contribution >= 0.6 is 12.4 Å². The summed E-state index contributed by atoms with van der Waals surface area (Å²) in [7, 11) is 1.96. The van der Waals surface area contributed by atoms with Crippen LogP contribution in [-0.4, -0.2) is 33.3 Å². The van der Waals surface area contributed by atoms with Crippen LogP contribution in [0.25, 0.3) is 0 Å². The van der Waals surface area contributed by atoms with Gasteiger partial charge in [-0.15, -0.1) is 12.4 Å². The van der Waals surface area contributed by atoms with E-state index in [0.717, 1.165) is 6.54 Å². The molecule has 4 nitrogen and oxygen atoms in total. The number of nitrogens with two attached hydrogens (primary N) is 1. The van der Waals surface area contributed by atoms with Crippen molar-refractivity contribution in [3.63, 3.8) is 0 Å². The van der Waals surface area contributed by atoms with E-state index < -0.39 is 0 Å². The highest BCUT2D eigenvalue weighted by Crippen LogP contribution is 2.21. The minimum absolute atomic E-state index is 0. The average molecular weight is 259 g/mol. The minimum atomic E-state index is 0. The monoisotopic (exact) mass is 258 g/mol. The molecule has 0 bridgehead atoms. The lowest BCUT2D eigenvalue weighted by atomic mass is 9.96. The molecule has 5 heteroatoms. The van der Waals surface area contributed by atoms with Gasteiger partial charge in [0.05, 0.1) is 6.20 Å². The van der Waals surface area contributed by atoms with Crippen molar-refractivity contribution in [1.29, 1.82) is 0 Å². The fraction of sp³-hybridized carbons (Fsp3) is 0.750. The second kappa shape index (κ2) is 6.38. The maximum atomic E-state index is 6.05. The number of hydrogen-bond donors (Lipinski definition) is 1. The van der Waals surface area contributed by atoms with Crippen molar-refractivity contribution in [2.24, 2.45) is 12.8 Å². The van der Waals surface area contributed by atoms with Gasteiger partial charge in [-0.1, -0.05) is 6.42 Å². The molecule has 0 saturated carbocycles. The highest BCUT2D eigenvalue weighted by Gasteiger charge is 2.25. The van der Waals surface area contributed by atoms with E-state index >= 15 is 0 Å². The highest BCUT2D eigenvalue weighted by atomic mass is 35.5. The van der Waals surface area contributed by atoms with Crippen molar-refractivity contribution in [3.8, 4) is 0 Å². The zero-order valence-corrected chi connectivity index (χ0v) is 11.5. The first-order valence-electron chi connectivity index (χ1n) is 6.14. The summed E-state index contributed by atoms with van der Waals surface area (Å²) in [4.78, 5) is 2.51. The van der Waals surface area contributed by atoms with Gasteiger partial charge in [0, 0.05) is 37.4 Å². The van der Waals surface area contributed by atoms with Crippen molar-refractivity contribution in [2.75, 3.05) is 6.54 Å². The quantitative estimate of drug-likeness (QED) is 0.895. The molecular formula is C12H23ClN4. The Balaban J connectivity index is 0.00000144. The van der Waals surface area contributed by atoms with Crippen LogP contribution in [0.1, 0.15) is 31.7 Å². The van der Waals surface area contributed by atoms with Crippen molar-refractivity contribution < 1.29 is 0 Å². The molecule has 1 aliphatic heterocycles. The van der Waals surface area contributed by atoms with E-state index in [0.29, 0.717) is 6.04 Å². The van der Waals surface area contributed by atoms with Gasteiger partial charge < -0.3 is 5.73 Å². The summed E-state index contributed by atoms with van der Waals surface area (Å²) in [6, 6.07) is 0.797. The Morgan fingerprint density at radius 3 is 2.88 bits per heavy atom. The Morgan fingerprint density at radius 1 is 1.53 bits per heavy atom. The van der Waals surface area contributed by atoms with Gasteiger partial charge in [-0.2, -0.15) is 5.10 Å². The van der Waals surface area contributed by atoms with E-state index in [1.165, 1.54) is 31.4 Å². The third-order valence-electron chi connectivity index (χ3n) is 3.42. The molecule has 0 spiro atoms. The molecule has 17 heavy (non-hydrogen) atoms. The lowest BCUT2D eigenvalue weighted by molar-refractivity contribution is 0.123. The maximum Gasteiger partial charge on any atom is 0.0534 e. The molecule has 0 aliphatic carbocycles. The Kier molecular flexibility index (Phi) is 5.43. The Hall–Kier alpha value is -0.580. The number of likely N-dealkylation sites (tertiary alicyclic amines) is 1. The predicted octanol–water partition coefficient (Wildman–Crippen LogP) is 1.54. The average Bonchev–Trinajstić information content (AvgIpc) is 2.64. The molecule has 98 valence electrons. The smallest absolute Gasteiger partial charge is 0.0534 e.